The Morgan fingerprint density at radius 3 is 2.44 bits per heavy atom. The van der Waals surface area contributed by atoms with Gasteiger partial charge in [0.2, 0.25) is 0 Å². The third-order valence-corrected chi connectivity index (χ3v) is 7.20. The molecule has 0 aliphatic carbocycles. The molecular formula is C26H23BrF2N2O. The fourth-order valence-electron chi connectivity index (χ4n) is 5.06. The zero-order valence-electron chi connectivity index (χ0n) is 17.5. The lowest BCUT2D eigenvalue weighted by atomic mass is 9.74. The largest absolute Gasteiger partial charge is 0.307 e. The van der Waals surface area contributed by atoms with E-state index in [1.54, 1.807) is 29.2 Å². The van der Waals surface area contributed by atoms with Crippen LogP contribution in [0.1, 0.15) is 34.3 Å². The Morgan fingerprint density at radius 2 is 1.69 bits per heavy atom. The van der Waals surface area contributed by atoms with Gasteiger partial charge in [0.05, 0.1) is 0 Å². The molecule has 0 unspecified atom stereocenters. The number of anilines is 1. The molecule has 3 aromatic rings. The van der Waals surface area contributed by atoms with Crippen LogP contribution in [0.4, 0.5) is 14.5 Å². The molecule has 1 saturated heterocycles. The van der Waals surface area contributed by atoms with E-state index in [0.29, 0.717) is 18.7 Å². The van der Waals surface area contributed by atoms with Crippen LogP contribution in [0.3, 0.4) is 0 Å². The molecule has 3 aromatic carbocycles. The summed E-state index contributed by atoms with van der Waals surface area (Å²) in [5, 5.41) is 0. The maximum Gasteiger partial charge on any atom is 0.258 e. The third-order valence-electron chi connectivity index (χ3n) is 6.71. The number of hydrogen-bond acceptors (Lipinski definition) is 2. The van der Waals surface area contributed by atoms with E-state index in [9.17, 15) is 13.6 Å². The van der Waals surface area contributed by atoms with Gasteiger partial charge in [0.25, 0.3) is 5.91 Å². The second kappa shape index (κ2) is 8.41. The molecule has 3 nitrogen and oxygen atoms in total. The van der Waals surface area contributed by atoms with E-state index in [1.807, 2.05) is 30.3 Å². The van der Waals surface area contributed by atoms with E-state index >= 15 is 0 Å². The number of halogens is 3. The van der Waals surface area contributed by atoms with Crippen molar-refractivity contribution in [3.05, 3.63) is 99.5 Å². The van der Waals surface area contributed by atoms with Gasteiger partial charge in [-0.3, -0.25) is 9.69 Å². The monoisotopic (exact) mass is 496 g/mol. The second-order valence-electron chi connectivity index (χ2n) is 8.75. The molecule has 164 valence electrons. The van der Waals surface area contributed by atoms with E-state index in [-0.39, 0.29) is 23.0 Å². The maximum absolute atomic E-state index is 14.3. The Labute approximate surface area is 194 Å². The van der Waals surface area contributed by atoms with Gasteiger partial charge in [-0.2, -0.15) is 0 Å². The van der Waals surface area contributed by atoms with Crippen molar-refractivity contribution in [3.63, 3.8) is 0 Å². The number of carbonyl (C=O) groups excluding carboxylic acids is 1. The van der Waals surface area contributed by atoms with Gasteiger partial charge in [0, 0.05) is 34.2 Å². The molecule has 2 aliphatic rings. The minimum Gasteiger partial charge on any atom is -0.307 e. The molecule has 0 radical (unpaired) electrons. The van der Waals surface area contributed by atoms with Crippen molar-refractivity contribution >= 4 is 27.5 Å². The van der Waals surface area contributed by atoms with Gasteiger partial charge in [0.1, 0.15) is 11.6 Å². The first-order valence-electron chi connectivity index (χ1n) is 10.8. The average molecular weight is 497 g/mol. The van der Waals surface area contributed by atoms with Gasteiger partial charge in [0.15, 0.2) is 0 Å². The van der Waals surface area contributed by atoms with Crippen LogP contribution in [-0.2, 0) is 12.0 Å². The number of piperidine rings is 1. The lowest BCUT2D eigenvalue weighted by Crippen LogP contribution is -2.45. The molecule has 0 saturated carbocycles. The summed E-state index contributed by atoms with van der Waals surface area (Å²) in [7, 11) is 0. The summed E-state index contributed by atoms with van der Waals surface area (Å²) < 4.78 is 28.7. The molecule has 0 atom stereocenters. The summed E-state index contributed by atoms with van der Waals surface area (Å²) in [5.74, 6) is -0.571. The lowest BCUT2D eigenvalue weighted by Gasteiger charge is -2.40. The van der Waals surface area contributed by atoms with Crippen LogP contribution >= 0.6 is 15.9 Å². The summed E-state index contributed by atoms with van der Waals surface area (Å²) >= 11 is 3.44. The van der Waals surface area contributed by atoms with Gasteiger partial charge in [-0.15, -0.1) is 0 Å². The van der Waals surface area contributed by atoms with E-state index in [2.05, 4.69) is 20.8 Å². The highest BCUT2D eigenvalue weighted by Crippen LogP contribution is 2.48. The van der Waals surface area contributed by atoms with Crippen molar-refractivity contribution in [2.24, 2.45) is 0 Å². The Bertz CT molecular complexity index is 1170. The van der Waals surface area contributed by atoms with E-state index in [4.69, 9.17) is 0 Å². The number of likely N-dealkylation sites (tertiary alicyclic amines) is 1. The zero-order chi connectivity index (χ0) is 22.3. The minimum absolute atomic E-state index is 0.0711. The molecule has 0 bridgehead atoms. The molecule has 0 N–H and O–H groups in total. The van der Waals surface area contributed by atoms with Gasteiger partial charge >= 0.3 is 0 Å². The summed E-state index contributed by atoms with van der Waals surface area (Å²) in [4.78, 5) is 17.5. The van der Waals surface area contributed by atoms with Crippen LogP contribution in [-0.4, -0.2) is 30.4 Å². The highest BCUT2D eigenvalue weighted by Gasteiger charge is 2.46. The highest BCUT2D eigenvalue weighted by atomic mass is 79.9. The summed E-state index contributed by atoms with van der Waals surface area (Å²) in [6, 6.07) is 18.8. The van der Waals surface area contributed by atoms with Crippen LogP contribution in [0.2, 0.25) is 0 Å². The van der Waals surface area contributed by atoms with Crippen molar-refractivity contribution in [1.82, 2.24) is 4.90 Å². The number of fused-ring (bicyclic) bond motifs is 2. The average Bonchev–Trinajstić information content (AvgIpc) is 3.08. The zero-order valence-corrected chi connectivity index (χ0v) is 19.1. The molecule has 2 aliphatic heterocycles. The van der Waals surface area contributed by atoms with Crippen LogP contribution in [0, 0.1) is 11.6 Å². The number of rotatable bonds is 3. The smallest absolute Gasteiger partial charge is 0.258 e. The summed E-state index contributed by atoms with van der Waals surface area (Å²) in [6.45, 7) is 2.85. The number of hydrogen-bond donors (Lipinski definition) is 0. The highest BCUT2D eigenvalue weighted by molar-refractivity contribution is 9.10. The second-order valence-corrected chi connectivity index (χ2v) is 9.67. The minimum atomic E-state index is -0.276. The summed E-state index contributed by atoms with van der Waals surface area (Å²) in [5.41, 5.74) is 3.01. The molecule has 0 aromatic heterocycles. The van der Waals surface area contributed by atoms with Crippen molar-refractivity contribution in [3.8, 4) is 0 Å². The first kappa shape index (κ1) is 21.3. The fraction of sp³-hybridized carbons (Fsp3) is 0.269. The van der Waals surface area contributed by atoms with Crippen molar-refractivity contribution < 1.29 is 13.6 Å². The van der Waals surface area contributed by atoms with Crippen LogP contribution in [0.5, 0.6) is 0 Å². The van der Waals surface area contributed by atoms with Gasteiger partial charge in [-0.25, -0.2) is 8.78 Å². The molecule has 2 heterocycles. The van der Waals surface area contributed by atoms with Crippen LogP contribution < -0.4 is 4.90 Å². The predicted octanol–water partition coefficient (Wildman–Crippen LogP) is 5.92. The molecule has 1 spiro atoms. The number of carbonyl (C=O) groups is 1. The van der Waals surface area contributed by atoms with Crippen LogP contribution in [0.25, 0.3) is 0 Å². The third kappa shape index (κ3) is 3.97. The van der Waals surface area contributed by atoms with Crippen molar-refractivity contribution in [1.29, 1.82) is 0 Å². The van der Waals surface area contributed by atoms with Gasteiger partial charge in [-0.05, 0) is 85.6 Å². The molecule has 32 heavy (non-hydrogen) atoms. The number of amides is 1. The van der Waals surface area contributed by atoms with Gasteiger partial charge < -0.3 is 4.90 Å². The molecule has 6 heteroatoms. The van der Waals surface area contributed by atoms with E-state index in [0.717, 1.165) is 47.2 Å². The van der Waals surface area contributed by atoms with E-state index in [1.165, 1.54) is 12.1 Å². The first-order chi connectivity index (χ1) is 15.4. The normalized spacial score (nSPS) is 17.5. The standard InChI is InChI=1S/C26H23BrF2N2O/c27-20-5-2-4-19(14-20)25(32)31-17-26(23-15-22(29)7-8-24(23)31)9-11-30(12-10-26)16-18-3-1-6-21(28)13-18/h1-8,13-15H,9-12,16-17H2. The Balaban J connectivity index is 1.39. The van der Waals surface area contributed by atoms with E-state index < -0.39 is 0 Å². The molecule has 5 rings (SSSR count). The Hall–Kier alpha value is -2.57. The predicted molar refractivity (Wildman–Crippen MR) is 125 cm³/mol. The summed E-state index contributed by atoms with van der Waals surface area (Å²) in [6.07, 6.45) is 1.64. The fourth-order valence-corrected chi connectivity index (χ4v) is 5.46. The topological polar surface area (TPSA) is 23.6 Å². The number of benzene rings is 3. The van der Waals surface area contributed by atoms with Crippen LogP contribution in [0.15, 0.2) is 71.2 Å². The molecule has 1 amide bonds. The SMILES string of the molecule is O=C(c1cccc(Br)c1)N1CC2(CCN(Cc3cccc(F)c3)CC2)c2cc(F)ccc21. The first-order valence-corrected chi connectivity index (χ1v) is 11.6. The van der Waals surface area contributed by atoms with Gasteiger partial charge in [-0.1, -0.05) is 34.1 Å². The number of nitrogens with zero attached hydrogens (tertiary/aromatic N) is 2. The maximum atomic E-state index is 14.3. The Kier molecular flexibility index (Phi) is 5.59. The lowest BCUT2D eigenvalue weighted by molar-refractivity contribution is 0.0975. The van der Waals surface area contributed by atoms with Crippen molar-refractivity contribution in [2.75, 3.05) is 24.5 Å². The quantitative estimate of drug-likeness (QED) is 0.449. The molecular weight excluding hydrogens is 474 g/mol. The van der Waals surface area contributed by atoms with Crippen molar-refractivity contribution in [2.45, 2.75) is 24.8 Å². The Morgan fingerprint density at radius 1 is 0.938 bits per heavy atom. The molecule has 1 fully saturated rings.